The van der Waals surface area contributed by atoms with Crippen molar-refractivity contribution >= 4 is 29.5 Å². The lowest BCUT2D eigenvalue weighted by atomic mass is 10.1. The molecule has 0 spiro atoms. The highest BCUT2D eigenvalue weighted by Crippen LogP contribution is 2.10. The van der Waals surface area contributed by atoms with Gasteiger partial charge in [-0.2, -0.15) is 0 Å². The van der Waals surface area contributed by atoms with Crippen molar-refractivity contribution in [1.82, 2.24) is 15.1 Å². The van der Waals surface area contributed by atoms with Crippen LogP contribution in [0.5, 0.6) is 0 Å². The molecule has 3 amide bonds. The van der Waals surface area contributed by atoms with E-state index in [1.165, 1.54) is 11.8 Å². The maximum atomic E-state index is 11.8. The van der Waals surface area contributed by atoms with Crippen LogP contribution in [0.4, 0.5) is 0 Å². The quantitative estimate of drug-likeness (QED) is 0.715. The lowest BCUT2D eigenvalue weighted by Crippen LogP contribution is -2.42. The van der Waals surface area contributed by atoms with Crippen LogP contribution in [-0.2, 0) is 14.4 Å². The Balaban J connectivity index is 2.20. The third-order valence-electron chi connectivity index (χ3n) is 3.29. The largest absolute Gasteiger partial charge is 0.358 e. The number of likely N-dealkylation sites (tertiary alicyclic amines) is 1. The van der Waals surface area contributed by atoms with Crippen LogP contribution in [0.1, 0.15) is 19.3 Å². The number of rotatable bonds is 7. The number of nitrogens with zero attached hydrogens (tertiary/aromatic N) is 2. The molecule has 1 rings (SSSR count). The lowest BCUT2D eigenvalue weighted by Gasteiger charge is -2.28. The Labute approximate surface area is 124 Å². The summed E-state index contributed by atoms with van der Waals surface area (Å²) in [7, 11) is 3.31. The average molecular weight is 301 g/mol. The minimum Gasteiger partial charge on any atom is -0.358 e. The minimum absolute atomic E-state index is 0.0108. The van der Waals surface area contributed by atoms with Crippen LogP contribution in [-0.4, -0.2) is 72.8 Å². The second-order valence-electron chi connectivity index (χ2n) is 4.82. The Morgan fingerprint density at radius 1 is 1.35 bits per heavy atom. The fourth-order valence-corrected chi connectivity index (χ4v) is 2.73. The highest BCUT2D eigenvalue weighted by molar-refractivity contribution is 8.00. The van der Waals surface area contributed by atoms with E-state index in [1.54, 1.807) is 19.0 Å². The SMILES string of the molecule is CNC(=O)CSCC(=O)N(C)CCN1CCCCC1=O. The number of thioether (sulfide) groups is 1. The smallest absolute Gasteiger partial charge is 0.232 e. The van der Waals surface area contributed by atoms with Gasteiger partial charge in [-0.05, 0) is 12.8 Å². The zero-order valence-electron chi connectivity index (χ0n) is 12.2. The van der Waals surface area contributed by atoms with E-state index in [1.807, 2.05) is 4.90 Å². The number of carbonyl (C=O) groups excluding carboxylic acids is 3. The molecule has 0 saturated carbocycles. The Bertz CT molecular complexity index is 363. The Morgan fingerprint density at radius 3 is 2.75 bits per heavy atom. The summed E-state index contributed by atoms with van der Waals surface area (Å²) in [6.45, 7) is 1.94. The van der Waals surface area contributed by atoms with Gasteiger partial charge in [0.2, 0.25) is 17.7 Å². The number of carbonyl (C=O) groups is 3. The molecule has 1 heterocycles. The first-order valence-corrected chi connectivity index (χ1v) is 8.00. The van der Waals surface area contributed by atoms with Crippen molar-refractivity contribution in [2.75, 3.05) is 45.2 Å². The number of nitrogens with one attached hydrogen (secondary N) is 1. The van der Waals surface area contributed by atoms with Crippen molar-refractivity contribution in [3.05, 3.63) is 0 Å². The Hall–Kier alpha value is -1.24. The first kappa shape index (κ1) is 16.8. The van der Waals surface area contributed by atoms with Crippen molar-refractivity contribution in [2.45, 2.75) is 19.3 Å². The van der Waals surface area contributed by atoms with Gasteiger partial charge in [-0.15, -0.1) is 11.8 Å². The van der Waals surface area contributed by atoms with Gasteiger partial charge >= 0.3 is 0 Å². The van der Waals surface area contributed by atoms with Gasteiger partial charge in [0.15, 0.2) is 0 Å². The molecule has 0 aromatic rings. The van der Waals surface area contributed by atoms with Gasteiger partial charge < -0.3 is 15.1 Å². The number of hydrogen-bond donors (Lipinski definition) is 1. The molecule has 1 saturated heterocycles. The number of likely N-dealkylation sites (N-methyl/N-ethyl adjacent to an activating group) is 1. The summed E-state index contributed by atoms with van der Waals surface area (Å²) in [5.74, 6) is 0.678. The zero-order valence-corrected chi connectivity index (χ0v) is 13.0. The van der Waals surface area contributed by atoms with E-state index in [-0.39, 0.29) is 23.5 Å². The van der Waals surface area contributed by atoms with Crippen LogP contribution in [0.15, 0.2) is 0 Å². The monoisotopic (exact) mass is 301 g/mol. The van der Waals surface area contributed by atoms with Gasteiger partial charge in [-0.3, -0.25) is 14.4 Å². The van der Waals surface area contributed by atoms with Crippen molar-refractivity contribution in [2.24, 2.45) is 0 Å². The van der Waals surface area contributed by atoms with Crippen LogP contribution < -0.4 is 5.32 Å². The molecule has 0 atom stereocenters. The molecule has 7 heteroatoms. The molecule has 1 aliphatic rings. The normalized spacial score (nSPS) is 15.1. The minimum atomic E-state index is -0.0793. The van der Waals surface area contributed by atoms with Crippen LogP contribution in [0.25, 0.3) is 0 Å². The van der Waals surface area contributed by atoms with Gasteiger partial charge in [0.05, 0.1) is 11.5 Å². The second-order valence-corrected chi connectivity index (χ2v) is 5.80. The van der Waals surface area contributed by atoms with E-state index in [9.17, 15) is 14.4 Å². The summed E-state index contributed by atoms with van der Waals surface area (Å²) in [5, 5.41) is 2.51. The predicted molar refractivity (Wildman–Crippen MR) is 79.5 cm³/mol. The molecule has 0 bridgehead atoms. The molecule has 1 N–H and O–H groups in total. The molecular weight excluding hydrogens is 278 g/mol. The summed E-state index contributed by atoms with van der Waals surface area (Å²) >= 11 is 1.30. The molecule has 20 heavy (non-hydrogen) atoms. The summed E-state index contributed by atoms with van der Waals surface area (Å²) < 4.78 is 0. The standard InChI is InChI=1S/C13H23N3O3S/c1-14-11(17)9-20-10-13(19)15(2)7-8-16-6-4-3-5-12(16)18/h3-10H2,1-2H3,(H,14,17). The fraction of sp³-hybridized carbons (Fsp3) is 0.769. The third kappa shape index (κ3) is 5.81. The number of hydrogen-bond acceptors (Lipinski definition) is 4. The van der Waals surface area contributed by atoms with Crippen LogP contribution >= 0.6 is 11.8 Å². The maximum absolute atomic E-state index is 11.8. The summed E-state index contributed by atoms with van der Waals surface area (Å²) in [6.07, 6.45) is 2.64. The molecule has 0 aliphatic carbocycles. The van der Waals surface area contributed by atoms with Crippen LogP contribution in [0, 0.1) is 0 Å². The van der Waals surface area contributed by atoms with E-state index in [2.05, 4.69) is 5.32 Å². The Morgan fingerprint density at radius 2 is 2.10 bits per heavy atom. The molecule has 0 aromatic carbocycles. The van der Waals surface area contributed by atoms with E-state index in [0.717, 1.165) is 19.4 Å². The van der Waals surface area contributed by atoms with Crippen LogP contribution in [0.3, 0.4) is 0 Å². The van der Waals surface area contributed by atoms with Crippen molar-refractivity contribution in [3.63, 3.8) is 0 Å². The van der Waals surface area contributed by atoms with E-state index in [0.29, 0.717) is 25.3 Å². The third-order valence-corrected chi connectivity index (χ3v) is 4.21. The van der Waals surface area contributed by atoms with Crippen molar-refractivity contribution in [1.29, 1.82) is 0 Å². The number of piperidine rings is 1. The van der Waals surface area contributed by atoms with Gasteiger partial charge in [0.25, 0.3) is 0 Å². The van der Waals surface area contributed by atoms with Crippen molar-refractivity contribution in [3.8, 4) is 0 Å². The molecule has 0 aromatic heterocycles. The first-order chi connectivity index (χ1) is 9.54. The first-order valence-electron chi connectivity index (χ1n) is 6.84. The molecule has 6 nitrogen and oxygen atoms in total. The second kappa shape index (κ2) is 8.84. The number of amides is 3. The highest BCUT2D eigenvalue weighted by atomic mass is 32.2. The Kier molecular flexibility index (Phi) is 7.43. The summed E-state index contributed by atoms with van der Waals surface area (Å²) in [6, 6.07) is 0. The van der Waals surface area contributed by atoms with Gasteiger partial charge in [-0.25, -0.2) is 0 Å². The van der Waals surface area contributed by atoms with Crippen molar-refractivity contribution < 1.29 is 14.4 Å². The fourth-order valence-electron chi connectivity index (χ4n) is 1.91. The predicted octanol–water partition coefficient (Wildman–Crippen LogP) is -0.0635. The molecule has 0 radical (unpaired) electrons. The average Bonchev–Trinajstić information content (AvgIpc) is 2.45. The van der Waals surface area contributed by atoms with Gasteiger partial charge in [0.1, 0.15) is 0 Å². The molecule has 114 valence electrons. The summed E-state index contributed by atoms with van der Waals surface area (Å²) in [4.78, 5) is 37.9. The maximum Gasteiger partial charge on any atom is 0.232 e. The van der Waals surface area contributed by atoms with E-state index < -0.39 is 0 Å². The van der Waals surface area contributed by atoms with Crippen LogP contribution in [0.2, 0.25) is 0 Å². The van der Waals surface area contributed by atoms with Gasteiger partial charge in [0, 0.05) is 40.2 Å². The topological polar surface area (TPSA) is 69.7 Å². The molecule has 0 unspecified atom stereocenters. The molecule has 1 aliphatic heterocycles. The molecule has 1 fully saturated rings. The molecular formula is C13H23N3O3S. The zero-order chi connectivity index (χ0) is 15.0. The highest BCUT2D eigenvalue weighted by Gasteiger charge is 2.19. The lowest BCUT2D eigenvalue weighted by molar-refractivity contribution is -0.135. The van der Waals surface area contributed by atoms with E-state index >= 15 is 0 Å². The summed E-state index contributed by atoms with van der Waals surface area (Å²) in [5.41, 5.74) is 0. The van der Waals surface area contributed by atoms with E-state index in [4.69, 9.17) is 0 Å². The van der Waals surface area contributed by atoms with Gasteiger partial charge in [-0.1, -0.05) is 0 Å².